The third kappa shape index (κ3) is 2.51. The van der Waals surface area contributed by atoms with E-state index < -0.39 is 29.0 Å². The van der Waals surface area contributed by atoms with Crippen LogP contribution in [0.1, 0.15) is 10.4 Å². The molecular weight excluding hydrogens is 245 g/mol. The van der Waals surface area contributed by atoms with Gasteiger partial charge in [-0.25, -0.2) is 18.0 Å². The number of hydrogen-bond acceptors (Lipinski definition) is 2. The molecule has 2 aromatic rings. The first-order valence-corrected chi connectivity index (χ1v) is 4.99. The maximum absolute atomic E-state index is 13.3. The molecule has 2 nitrogen and oxygen atoms in total. The van der Waals surface area contributed by atoms with E-state index >= 15 is 0 Å². The van der Waals surface area contributed by atoms with Gasteiger partial charge in [-0.15, -0.1) is 0 Å². The van der Waals surface area contributed by atoms with Crippen LogP contribution in [0.25, 0.3) is 0 Å². The Bertz CT molecular complexity index is 559. The lowest BCUT2D eigenvalue weighted by atomic mass is 10.2. The first-order chi connectivity index (χ1) is 8.58. The Kier molecular flexibility index (Phi) is 3.32. The SMILES string of the molecule is O=C(Oc1ccc(F)cc1)c1c(F)cccc1F. The van der Waals surface area contributed by atoms with Crippen molar-refractivity contribution in [2.75, 3.05) is 0 Å². The number of rotatable bonds is 2. The summed E-state index contributed by atoms with van der Waals surface area (Å²) in [6, 6.07) is 7.55. The van der Waals surface area contributed by atoms with Gasteiger partial charge >= 0.3 is 5.97 Å². The molecule has 0 aromatic heterocycles. The van der Waals surface area contributed by atoms with Crippen molar-refractivity contribution in [1.82, 2.24) is 0 Å². The van der Waals surface area contributed by atoms with E-state index in [0.717, 1.165) is 30.3 Å². The molecule has 0 aliphatic heterocycles. The van der Waals surface area contributed by atoms with E-state index in [0.29, 0.717) is 0 Å². The molecule has 0 N–H and O–H groups in total. The van der Waals surface area contributed by atoms with Crippen molar-refractivity contribution in [3.05, 3.63) is 65.5 Å². The molecule has 0 saturated heterocycles. The molecule has 5 heteroatoms. The van der Waals surface area contributed by atoms with Crippen LogP contribution in [0.5, 0.6) is 5.75 Å². The summed E-state index contributed by atoms with van der Waals surface area (Å²) in [7, 11) is 0. The fourth-order valence-electron chi connectivity index (χ4n) is 1.35. The summed E-state index contributed by atoms with van der Waals surface area (Å²) in [5, 5.41) is 0. The van der Waals surface area contributed by atoms with E-state index in [1.807, 2.05) is 0 Å². The number of carbonyl (C=O) groups is 1. The predicted octanol–water partition coefficient (Wildman–Crippen LogP) is 3.32. The number of halogens is 3. The third-order valence-electron chi connectivity index (χ3n) is 2.19. The fourth-order valence-corrected chi connectivity index (χ4v) is 1.35. The van der Waals surface area contributed by atoms with Gasteiger partial charge in [0.25, 0.3) is 0 Å². The summed E-state index contributed by atoms with van der Waals surface area (Å²) in [6.45, 7) is 0. The quantitative estimate of drug-likeness (QED) is 0.605. The van der Waals surface area contributed by atoms with E-state index in [2.05, 4.69) is 0 Å². The largest absolute Gasteiger partial charge is 0.423 e. The zero-order chi connectivity index (χ0) is 13.1. The topological polar surface area (TPSA) is 26.3 Å². The summed E-state index contributed by atoms with van der Waals surface area (Å²) in [5.41, 5.74) is -0.776. The number of esters is 1. The van der Waals surface area contributed by atoms with Crippen LogP contribution < -0.4 is 4.74 Å². The van der Waals surface area contributed by atoms with Crippen molar-refractivity contribution in [3.63, 3.8) is 0 Å². The normalized spacial score (nSPS) is 10.2. The van der Waals surface area contributed by atoms with Crippen molar-refractivity contribution in [1.29, 1.82) is 0 Å². The van der Waals surface area contributed by atoms with Crippen LogP contribution in [-0.2, 0) is 0 Å². The Hall–Kier alpha value is -2.30. The second-order valence-electron chi connectivity index (χ2n) is 3.44. The van der Waals surface area contributed by atoms with E-state index in [9.17, 15) is 18.0 Å². The van der Waals surface area contributed by atoms with Gasteiger partial charge in [0.05, 0.1) is 0 Å². The molecule has 0 radical (unpaired) electrons. The third-order valence-corrected chi connectivity index (χ3v) is 2.19. The lowest BCUT2D eigenvalue weighted by Gasteiger charge is -2.05. The molecule has 0 unspecified atom stereocenters. The van der Waals surface area contributed by atoms with Crippen LogP contribution in [0.2, 0.25) is 0 Å². The molecule has 0 aliphatic rings. The lowest BCUT2D eigenvalue weighted by molar-refractivity contribution is 0.0724. The summed E-state index contributed by atoms with van der Waals surface area (Å²) >= 11 is 0. The maximum atomic E-state index is 13.3. The zero-order valence-corrected chi connectivity index (χ0v) is 8.99. The van der Waals surface area contributed by atoms with Gasteiger partial charge in [0, 0.05) is 0 Å². The molecule has 18 heavy (non-hydrogen) atoms. The van der Waals surface area contributed by atoms with Crippen LogP contribution in [-0.4, -0.2) is 5.97 Å². The highest BCUT2D eigenvalue weighted by Gasteiger charge is 2.19. The van der Waals surface area contributed by atoms with Crippen LogP contribution in [0.4, 0.5) is 13.2 Å². The Morgan fingerprint density at radius 3 is 2.00 bits per heavy atom. The van der Waals surface area contributed by atoms with Crippen molar-refractivity contribution >= 4 is 5.97 Å². The summed E-state index contributed by atoms with van der Waals surface area (Å²) in [5.74, 6) is -3.70. The van der Waals surface area contributed by atoms with Crippen molar-refractivity contribution in [2.24, 2.45) is 0 Å². The van der Waals surface area contributed by atoms with Gasteiger partial charge in [0.1, 0.15) is 28.8 Å². The maximum Gasteiger partial charge on any atom is 0.349 e. The van der Waals surface area contributed by atoms with Crippen molar-refractivity contribution in [2.45, 2.75) is 0 Å². The molecule has 0 atom stereocenters. The first-order valence-electron chi connectivity index (χ1n) is 4.99. The number of hydrogen-bond donors (Lipinski definition) is 0. The van der Waals surface area contributed by atoms with E-state index in [1.54, 1.807) is 0 Å². The van der Waals surface area contributed by atoms with Crippen molar-refractivity contribution in [3.8, 4) is 5.75 Å². The monoisotopic (exact) mass is 252 g/mol. The average Bonchev–Trinajstić information content (AvgIpc) is 2.32. The standard InChI is InChI=1S/C13H7F3O2/c14-8-4-6-9(7-5-8)18-13(17)12-10(15)2-1-3-11(12)16/h1-7H. The lowest BCUT2D eigenvalue weighted by Crippen LogP contribution is -2.13. The smallest absolute Gasteiger partial charge is 0.349 e. The number of ether oxygens (including phenoxy) is 1. The van der Waals surface area contributed by atoms with Crippen LogP contribution in [0.15, 0.2) is 42.5 Å². The Balaban J connectivity index is 2.25. The summed E-state index contributed by atoms with van der Waals surface area (Å²) in [6.07, 6.45) is 0. The van der Waals surface area contributed by atoms with Crippen molar-refractivity contribution < 1.29 is 22.7 Å². The molecule has 0 heterocycles. The summed E-state index contributed by atoms with van der Waals surface area (Å²) < 4.78 is 43.9. The van der Waals surface area contributed by atoms with Crippen LogP contribution >= 0.6 is 0 Å². The minimum Gasteiger partial charge on any atom is -0.423 e. The molecule has 0 amide bonds. The molecule has 0 spiro atoms. The van der Waals surface area contributed by atoms with E-state index in [1.165, 1.54) is 12.1 Å². The van der Waals surface area contributed by atoms with E-state index in [-0.39, 0.29) is 5.75 Å². The summed E-state index contributed by atoms with van der Waals surface area (Å²) in [4.78, 5) is 11.5. The minimum atomic E-state index is -1.17. The molecule has 2 aromatic carbocycles. The molecule has 0 fully saturated rings. The van der Waals surface area contributed by atoms with Gasteiger partial charge in [-0.05, 0) is 36.4 Å². The minimum absolute atomic E-state index is 0.00375. The Morgan fingerprint density at radius 1 is 0.889 bits per heavy atom. The second kappa shape index (κ2) is 4.91. The van der Waals surface area contributed by atoms with Crippen LogP contribution in [0.3, 0.4) is 0 Å². The molecule has 92 valence electrons. The number of carbonyl (C=O) groups excluding carboxylic acids is 1. The van der Waals surface area contributed by atoms with Gasteiger partial charge in [-0.3, -0.25) is 0 Å². The molecule has 0 bridgehead atoms. The Labute approximate surface area is 101 Å². The average molecular weight is 252 g/mol. The van der Waals surface area contributed by atoms with Crippen LogP contribution in [0, 0.1) is 17.5 Å². The van der Waals surface area contributed by atoms with Gasteiger partial charge in [-0.2, -0.15) is 0 Å². The molecular formula is C13H7F3O2. The number of benzene rings is 2. The zero-order valence-electron chi connectivity index (χ0n) is 8.99. The highest BCUT2D eigenvalue weighted by Crippen LogP contribution is 2.17. The fraction of sp³-hybridized carbons (Fsp3) is 0. The van der Waals surface area contributed by atoms with E-state index in [4.69, 9.17) is 4.74 Å². The van der Waals surface area contributed by atoms with Gasteiger partial charge in [0.15, 0.2) is 0 Å². The highest BCUT2D eigenvalue weighted by atomic mass is 19.1. The highest BCUT2D eigenvalue weighted by molar-refractivity contribution is 5.91. The molecule has 0 aliphatic carbocycles. The van der Waals surface area contributed by atoms with Gasteiger partial charge < -0.3 is 4.74 Å². The Morgan fingerprint density at radius 2 is 1.44 bits per heavy atom. The second-order valence-corrected chi connectivity index (χ2v) is 3.44. The predicted molar refractivity (Wildman–Crippen MR) is 57.7 cm³/mol. The molecule has 0 saturated carbocycles. The molecule has 2 rings (SSSR count). The first kappa shape index (κ1) is 12.2. The van der Waals surface area contributed by atoms with Gasteiger partial charge in [-0.1, -0.05) is 6.07 Å². The van der Waals surface area contributed by atoms with Gasteiger partial charge in [0.2, 0.25) is 0 Å².